The highest BCUT2D eigenvalue weighted by Gasteiger charge is 2.56. The van der Waals surface area contributed by atoms with Crippen LogP contribution in [0.15, 0.2) is 36.4 Å². The number of aliphatic hydroxyl groups is 1. The van der Waals surface area contributed by atoms with Gasteiger partial charge >= 0.3 is 0 Å². The minimum absolute atomic E-state index is 0.296. The monoisotopic (exact) mass is 378 g/mol. The van der Waals surface area contributed by atoms with Crippen LogP contribution in [0.25, 0.3) is 10.8 Å². The molecule has 0 saturated carbocycles. The van der Waals surface area contributed by atoms with Gasteiger partial charge in [-0.25, -0.2) is 0 Å². The number of benzene rings is 2. The average molecular weight is 379 g/mol. The van der Waals surface area contributed by atoms with Gasteiger partial charge in [-0.15, -0.1) is 0 Å². The maximum Gasteiger partial charge on any atom is 0.190 e. The zero-order valence-corrected chi connectivity index (χ0v) is 15.8. The molecule has 0 unspecified atom stereocenters. The molecule has 5 atom stereocenters. The minimum atomic E-state index is -0.738. The molecule has 0 spiro atoms. The zero-order chi connectivity index (χ0) is 18.5. The molecule has 5 nitrogen and oxygen atoms in total. The second-order valence-corrected chi connectivity index (χ2v) is 7.74. The molecular weight excluding hydrogens is 356 g/mol. The van der Waals surface area contributed by atoms with Crippen LogP contribution < -0.4 is 0 Å². The standard InChI is InChI=1S/C20H23ClO5/c1-11(22)16-17(18-19(24-16)26-20(2,3)25-18)23-10-14-13-7-5-4-6-12(13)8-9-15(14)21/h4-9,11,16-19,22H,10H2,1-3H3/t11-,16-,17+,18-,19-/m1/s1. The van der Waals surface area contributed by atoms with Gasteiger partial charge in [0.1, 0.15) is 18.3 Å². The van der Waals surface area contributed by atoms with E-state index in [0.29, 0.717) is 11.6 Å². The molecule has 2 aliphatic rings. The Balaban J connectivity index is 1.59. The topological polar surface area (TPSA) is 57.2 Å². The van der Waals surface area contributed by atoms with E-state index in [1.54, 1.807) is 6.92 Å². The van der Waals surface area contributed by atoms with E-state index >= 15 is 0 Å². The third-order valence-electron chi connectivity index (χ3n) is 4.91. The number of halogens is 1. The normalized spacial score (nSPS) is 31.3. The van der Waals surface area contributed by atoms with Gasteiger partial charge in [0, 0.05) is 10.6 Å². The van der Waals surface area contributed by atoms with Crippen molar-refractivity contribution in [2.24, 2.45) is 0 Å². The molecule has 0 aromatic heterocycles. The number of rotatable bonds is 4. The molecule has 26 heavy (non-hydrogen) atoms. The van der Waals surface area contributed by atoms with Crippen LogP contribution in [0.3, 0.4) is 0 Å². The maximum absolute atomic E-state index is 10.1. The van der Waals surface area contributed by atoms with Crippen LogP contribution in [-0.4, -0.2) is 41.6 Å². The summed E-state index contributed by atoms with van der Waals surface area (Å²) in [6.45, 7) is 5.65. The molecule has 2 aromatic rings. The number of aliphatic hydroxyl groups excluding tert-OH is 1. The van der Waals surface area contributed by atoms with Gasteiger partial charge in [0.25, 0.3) is 0 Å². The first-order valence-corrected chi connectivity index (χ1v) is 9.20. The Morgan fingerprint density at radius 2 is 1.96 bits per heavy atom. The van der Waals surface area contributed by atoms with E-state index in [-0.39, 0.29) is 0 Å². The Labute approximate surface area is 157 Å². The van der Waals surface area contributed by atoms with E-state index in [2.05, 4.69) is 0 Å². The molecule has 0 bridgehead atoms. The van der Waals surface area contributed by atoms with Crippen molar-refractivity contribution in [2.75, 3.05) is 0 Å². The lowest BCUT2D eigenvalue weighted by molar-refractivity contribution is -0.229. The van der Waals surface area contributed by atoms with Gasteiger partial charge in [0.15, 0.2) is 12.1 Å². The number of hydrogen-bond donors (Lipinski definition) is 1. The summed E-state index contributed by atoms with van der Waals surface area (Å²) in [6.07, 6.45) is -2.61. The molecule has 140 valence electrons. The van der Waals surface area contributed by atoms with Crippen LogP contribution in [0.1, 0.15) is 26.3 Å². The predicted molar refractivity (Wildman–Crippen MR) is 97.9 cm³/mol. The fourth-order valence-electron chi connectivity index (χ4n) is 3.72. The van der Waals surface area contributed by atoms with Crippen molar-refractivity contribution in [1.82, 2.24) is 0 Å². The highest BCUT2D eigenvalue weighted by atomic mass is 35.5. The smallest absolute Gasteiger partial charge is 0.190 e. The molecule has 0 amide bonds. The second-order valence-electron chi connectivity index (χ2n) is 7.33. The first-order chi connectivity index (χ1) is 12.4. The maximum atomic E-state index is 10.1. The average Bonchev–Trinajstić information content (AvgIpc) is 3.06. The summed E-state index contributed by atoms with van der Waals surface area (Å²) < 4.78 is 23.8. The fraction of sp³-hybridized carbons (Fsp3) is 0.500. The minimum Gasteiger partial charge on any atom is -0.391 e. The Morgan fingerprint density at radius 1 is 1.19 bits per heavy atom. The van der Waals surface area contributed by atoms with E-state index in [1.807, 2.05) is 50.2 Å². The summed E-state index contributed by atoms with van der Waals surface area (Å²) in [5.41, 5.74) is 0.913. The van der Waals surface area contributed by atoms with Crippen molar-refractivity contribution in [1.29, 1.82) is 0 Å². The van der Waals surface area contributed by atoms with Crippen molar-refractivity contribution < 1.29 is 24.1 Å². The van der Waals surface area contributed by atoms with E-state index in [1.165, 1.54) is 0 Å². The summed E-state index contributed by atoms with van der Waals surface area (Å²) in [7, 11) is 0. The zero-order valence-electron chi connectivity index (χ0n) is 15.0. The molecule has 2 saturated heterocycles. The van der Waals surface area contributed by atoms with Gasteiger partial charge in [0.2, 0.25) is 0 Å². The molecule has 0 aliphatic carbocycles. The van der Waals surface area contributed by atoms with E-state index in [4.69, 9.17) is 30.5 Å². The Kier molecular flexibility index (Phi) is 4.72. The van der Waals surface area contributed by atoms with Gasteiger partial charge in [-0.05, 0) is 37.6 Å². The predicted octanol–water partition coefficient (Wildman–Crippen LogP) is 3.64. The van der Waals surface area contributed by atoms with Crippen LogP contribution in [-0.2, 0) is 25.6 Å². The van der Waals surface area contributed by atoms with Gasteiger partial charge in [-0.2, -0.15) is 0 Å². The first kappa shape index (κ1) is 18.2. The van der Waals surface area contributed by atoms with Crippen molar-refractivity contribution in [3.63, 3.8) is 0 Å². The van der Waals surface area contributed by atoms with Crippen LogP contribution >= 0.6 is 11.6 Å². The quantitative estimate of drug-likeness (QED) is 0.880. The largest absolute Gasteiger partial charge is 0.391 e. The lowest BCUT2D eigenvalue weighted by atomic mass is 10.0. The summed E-state index contributed by atoms with van der Waals surface area (Å²) >= 11 is 6.43. The van der Waals surface area contributed by atoms with Gasteiger partial charge in [-0.3, -0.25) is 0 Å². The van der Waals surface area contributed by atoms with E-state index in [0.717, 1.165) is 16.3 Å². The lowest BCUT2D eigenvalue weighted by Gasteiger charge is -2.27. The molecular formula is C20H23ClO5. The van der Waals surface area contributed by atoms with E-state index in [9.17, 15) is 5.11 Å². The first-order valence-electron chi connectivity index (χ1n) is 8.82. The van der Waals surface area contributed by atoms with Crippen LogP contribution in [0.5, 0.6) is 0 Å². The Bertz CT molecular complexity index is 806. The third-order valence-corrected chi connectivity index (χ3v) is 5.26. The number of fused-ring (bicyclic) bond motifs is 2. The number of ether oxygens (including phenoxy) is 4. The third kappa shape index (κ3) is 3.24. The Hall–Kier alpha value is -1.21. The Morgan fingerprint density at radius 3 is 2.73 bits per heavy atom. The van der Waals surface area contributed by atoms with Gasteiger partial charge in [-0.1, -0.05) is 41.9 Å². The summed E-state index contributed by atoms with van der Waals surface area (Å²) in [6, 6.07) is 11.9. The highest BCUT2D eigenvalue weighted by Crippen LogP contribution is 2.40. The highest BCUT2D eigenvalue weighted by molar-refractivity contribution is 6.32. The molecule has 2 fully saturated rings. The summed E-state index contributed by atoms with van der Waals surface area (Å²) in [5, 5.41) is 12.9. The fourth-order valence-corrected chi connectivity index (χ4v) is 3.94. The number of hydrogen-bond acceptors (Lipinski definition) is 5. The summed E-state index contributed by atoms with van der Waals surface area (Å²) in [5.74, 6) is -0.738. The molecule has 4 rings (SSSR count). The molecule has 0 radical (unpaired) electrons. The SMILES string of the molecule is C[C@@H](O)[C@H]1O[C@@H]2OC(C)(C)O[C@@H]2[C@H]1OCc1c(Cl)ccc2ccccc12. The summed E-state index contributed by atoms with van der Waals surface area (Å²) in [4.78, 5) is 0. The molecule has 2 aromatic carbocycles. The van der Waals surface area contributed by atoms with Crippen molar-refractivity contribution in [3.05, 3.63) is 47.0 Å². The van der Waals surface area contributed by atoms with Crippen molar-refractivity contribution >= 4 is 22.4 Å². The molecule has 1 N–H and O–H groups in total. The van der Waals surface area contributed by atoms with Gasteiger partial charge < -0.3 is 24.1 Å². The second kappa shape index (κ2) is 6.75. The molecule has 6 heteroatoms. The lowest BCUT2D eigenvalue weighted by Crippen LogP contribution is -2.41. The van der Waals surface area contributed by atoms with Gasteiger partial charge in [0.05, 0.1) is 12.7 Å². The molecule has 2 aliphatic heterocycles. The van der Waals surface area contributed by atoms with Crippen molar-refractivity contribution in [3.8, 4) is 0 Å². The van der Waals surface area contributed by atoms with Crippen molar-refractivity contribution in [2.45, 2.75) is 63.9 Å². The molecule has 2 heterocycles. The van der Waals surface area contributed by atoms with Crippen LogP contribution in [0, 0.1) is 0 Å². The van der Waals surface area contributed by atoms with Crippen LogP contribution in [0.4, 0.5) is 0 Å². The van der Waals surface area contributed by atoms with E-state index < -0.39 is 36.5 Å². The van der Waals surface area contributed by atoms with Crippen LogP contribution in [0.2, 0.25) is 5.02 Å².